The summed E-state index contributed by atoms with van der Waals surface area (Å²) in [6.07, 6.45) is 5.68. The first kappa shape index (κ1) is 31.3. The van der Waals surface area contributed by atoms with E-state index in [-0.39, 0.29) is 10.9 Å². The fourth-order valence-corrected chi connectivity index (χ4v) is 6.19. The minimum Gasteiger partial charge on any atom is -0.494 e. The Morgan fingerprint density at radius 1 is 0.870 bits per heavy atom. The van der Waals surface area contributed by atoms with Gasteiger partial charge in [0.2, 0.25) is 5.91 Å². The van der Waals surface area contributed by atoms with Gasteiger partial charge in [0, 0.05) is 44.2 Å². The van der Waals surface area contributed by atoms with Crippen molar-refractivity contribution in [2.45, 2.75) is 25.7 Å². The Labute approximate surface area is 270 Å². The summed E-state index contributed by atoms with van der Waals surface area (Å²) < 4.78 is 11.6. The SMILES string of the molecule is O=C(C1CC1)N1CCN(CCCCOc2ccc(N3C(=O)SC(=Cc4ccc(Oc5ccc([N+](=O)[O-])cc5)cc4)C3=O)cc2)CC1. The lowest BCUT2D eigenvalue weighted by atomic mass is 10.2. The van der Waals surface area contributed by atoms with Gasteiger partial charge in [-0.1, -0.05) is 12.1 Å². The molecule has 3 fully saturated rings. The third-order valence-corrected chi connectivity index (χ3v) is 8.97. The van der Waals surface area contributed by atoms with Crippen molar-refractivity contribution in [2.24, 2.45) is 5.92 Å². The highest BCUT2D eigenvalue weighted by atomic mass is 32.2. The van der Waals surface area contributed by atoms with Crippen LogP contribution in [0.15, 0.2) is 77.7 Å². The van der Waals surface area contributed by atoms with E-state index >= 15 is 0 Å². The molecule has 0 N–H and O–H groups in total. The van der Waals surface area contributed by atoms with Crippen molar-refractivity contribution in [1.29, 1.82) is 0 Å². The first-order chi connectivity index (χ1) is 22.3. The monoisotopic (exact) mass is 642 g/mol. The van der Waals surface area contributed by atoms with Crippen molar-refractivity contribution in [3.05, 3.63) is 93.4 Å². The highest BCUT2D eigenvalue weighted by Gasteiger charge is 2.36. The van der Waals surface area contributed by atoms with Crippen LogP contribution in [-0.4, -0.2) is 71.1 Å². The largest absolute Gasteiger partial charge is 0.494 e. The summed E-state index contributed by atoms with van der Waals surface area (Å²) >= 11 is 0.880. The molecule has 0 bridgehead atoms. The molecule has 2 aliphatic heterocycles. The zero-order valence-electron chi connectivity index (χ0n) is 25.2. The van der Waals surface area contributed by atoms with Crippen molar-refractivity contribution in [3.63, 3.8) is 0 Å². The second-order valence-electron chi connectivity index (χ2n) is 11.4. The van der Waals surface area contributed by atoms with Crippen LogP contribution in [0, 0.1) is 16.0 Å². The van der Waals surface area contributed by atoms with Gasteiger partial charge in [0.15, 0.2) is 0 Å². The van der Waals surface area contributed by atoms with Crippen LogP contribution in [0.25, 0.3) is 6.08 Å². The molecule has 0 aromatic heterocycles. The molecular weight excluding hydrogens is 608 g/mol. The van der Waals surface area contributed by atoms with E-state index in [4.69, 9.17) is 9.47 Å². The van der Waals surface area contributed by atoms with E-state index < -0.39 is 10.8 Å². The van der Waals surface area contributed by atoms with E-state index in [9.17, 15) is 24.5 Å². The number of ether oxygens (including phenoxy) is 2. The fourth-order valence-electron chi connectivity index (χ4n) is 5.35. The molecule has 3 aliphatic rings. The summed E-state index contributed by atoms with van der Waals surface area (Å²) in [5.41, 5.74) is 1.17. The zero-order valence-corrected chi connectivity index (χ0v) is 26.0. The minimum atomic E-state index is -0.473. The predicted octanol–water partition coefficient (Wildman–Crippen LogP) is 6.34. The zero-order chi connectivity index (χ0) is 32.0. The van der Waals surface area contributed by atoms with Gasteiger partial charge in [0.25, 0.3) is 16.8 Å². The Bertz CT molecular complexity index is 1610. The van der Waals surface area contributed by atoms with E-state index in [0.717, 1.165) is 80.6 Å². The number of rotatable bonds is 12. The smallest absolute Gasteiger partial charge is 0.298 e. The maximum Gasteiger partial charge on any atom is 0.298 e. The molecule has 11 nitrogen and oxygen atoms in total. The lowest BCUT2D eigenvalue weighted by molar-refractivity contribution is -0.384. The van der Waals surface area contributed by atoms with Gasteiger partial charge >= 0.3 is 0 Å². The lowest BCUT2D eigenvalue weighted by Crippen LogP contribution is -2.49. The van der Waals surface area contributed by atoms with Crippen LogP contribution in [0.2, 0.25) is 0 Å². The molecule has 2 heterocycles. The number of hydrogen-bond donors (Lipinski definition) is 0. The number of nitro benzene ring substituents is 1. The number of carbonyl (C=O) groups excluding carboxylic acids is 3. The molecule has 0 atom stereocenters. The van der Waals surface area contributed by atoms with E-state index in [2.05, 4.69) is 4.90 Å². The van der Waals surface area contributed by atoms with Gasteiger partial charge in [-0.15, -0.1) is 0 Å². The average Bonchev–Trinajstić information content (AvgIpc) is 3.88. The van der Waals surface area contributed by atoms with E-state index in [1.165, 1.54) is 24.3 Å². The summed E-state index contributed by atoms with van der Waals surface area (Å²) in [7, 11) is 0. The Morgan fingerprint density at radius 2 is 1.50 bits per heavy atom. The molecule has 3 aromatic rings. The Balaban J connectivity index is 0.944. The van der Waals surface area contributed by atoms with Gasteiger partial charge in [0.1, 0.15) is 17.2 Å². The normalized spacial score (nSPS) is 17.9. The van der Waals surface area contributed by atoms with Crippen molar-refractivity contribution in [2.75, 3.05) is 44.2 Å². The molecule has 0 spiro atoms. The van der Waals surface area contributed by atoms with Crippen LogP contribution in [0.5, 0.6) is 17.2 Å². The van der Waals surface area contributed by atoms with Crippen molar-refractivity contribution in [3.8, 4) is 17.2 Å². The number of carbonyl (C=O) groups is 3. The second kappa shape index (κ2) is 14.2. The third kappa shape index (κ3) is 7.75. The Kier molecular flexibility index (Phi) is 9.65. The molecule has 1 aliphatic carbocycles. The third-order valence-electron chi connectivity index (χ3n) is 8.10. The number of unbranched alkanes of at least 4 members (excludes halogenated alkanes) is 1. The molecule has 0 radical (unpaired) electrons. The highest BCUT2D eigenvalue weighted by molar-refractivity contribution is 8.19. The number of imide groups is 1. The minimum absolute atomic E-state index is 0.0208. The van der Waals surface area contributed by atoms with Crippen LogP contribution in [0.4, 0.5) is 16.2 Å². The number of nitrogens with zero attached hydrogens (tertiary/aromatic N) is 4. The maximum absolute atomic E-state index is 13.1. The van der Waals surface area contributed by atoms with Crippen molar-refractivity contribution >= 4 is 46.3 Å². The predicted molar refractivity (Wildman–Crippen MR) is 175 cm³/mol. The second-order valence-corrected chi connectivity index (χ2v) is 12.4. The average molecular weight is 643 g/mol. The summed E-state index contributed by atoms with van der Waals surface area (Å²) in [6, 6.07) is 19.7. The number of benzene rings is 3. The highest BCUT2D eigenvalue weighted by Crippen LogP contribution is 2.37. The first-order valence-corrected chi connectivity index (χ1v) is 16.2. The Hall–Kier alpha value is -4.68. The molecule has 6 rings (SSSR count). The number of thioether (sulfide) groups is 1. The maximum atomic E-state index is 13.1. The Morgan fingerprint density at radius 3 is 2.13 bits per heavy atom. The number of non-ortho nitro benzene ring substituents is 1. The van der Waals surface area contributed by atoms with Gasteiger partial charge in [0.05, 0.1) is 22.1 Å². The van der Waals surface area contributed by atoms with Crippen LogP contribution in [0.1, 0.15) is 31.2 Å². The van der Waals surface area contributed by atoms with Crippen LogP contribution < -0.4 is 14.4 Å². The van der Waals surface area contributed by atoms with Gasteiger partial charge in [-0.25, -0.2) is 4.90 Å². The van der Waals surface area contributed by atoms with Gasteiger partial charge in [-0.2, -0.15) is 0 Å². The van der Waals surface area contributed by atoms with Crippen LogP contribution in [-0.2, 0) is 9.59 Å². The van der Waals surface area contributed by atoms with Gasteiger partial charge in [-0.05, 0) is 104 Å². The molecule has 0 unspecified atom stereocenters. The molecule has 3 amide bonds. The molecular formula is C34H34N4O7S. The molecule has 3 aromatic carbocycles. The van der Waals surface area contributed by atoms with Gasteiger partial charge < -0.3 is 14.4 Å². The van der Waals surface area contributed by atoms with Crippen molar-refractivity contribution < 1.29 is 28.8 Å². The topological polar surface area (TPSA) is 123 Å². The van der Waals surface area contributed by atoms with E-state index in [0.29, 0.717) is 46.3 Å². The molecule has 238 valence electrons. The van der Waals surface area contributed by atoms with E-state index in [1.807, 2.05) is 4.90 Å². The molecule has 2 saturated heterocycles. The van der Waals surface area contributed by atoms with Crippen LogP contribution in [0.3, 0.4) is 0 Å². The number of anilines is 1. The lowest BCUT2D eigenvalue weighted by Gasteiger charge is -2.34. The quantitative estimate of drug-likeness (QED) is 0.0964. The number of hydrogen-bond acceptors (Lipinski definition) is 9. The van der Waals surface area contributed by atoms with Crippen LogP contribution >= 0.6 is 11.8 Å². The number of piperazine rings is 1. The first-order valence-electron chi connectivity index (χ1n) is 15.4. The van der Waals surface area contributed by atoms with Gasteiger partial charge in [-0.3, -0.25) is 29.4 Å². The standard InChI is InChI=1S/C34H34N4O7S/c39-32(25-5-6-25)36-20-18-35(19-21-36)17-1-2-22-44-28-13-7-26(8-14-28)37-33(40)31(46-34(37)41)23-24-3-11-29(12-4-24)45-30-15-9-27(10-16-30)38(42)43/h3-4,7-16,23,25H,1-2,5-6,17-22H2. The summed E-state index contributed by atoms with van der Waals surface area (Å²) in [4.78, 5) is 54.4. The molecule has 46 heavy (non-hydrogen) atoms. The van der Waals surface area contributed by atoms with Crippen molar-refractivity contribution in [1.82, 2.24) is 9.80 Å². The molecule has 12 heteroatoms. The van der Waals surface area contributed by atoms with E-state index in [1.54, 1.807) is 54.6 Å². The number of amides is 3. The summed E-state index contributed by atoms with van der Waals surface area (Å²) in [6.45, 7) is 5.06. The summed E-state index contributed by atoms with van der Waals surface area (Å²) in [5, 5.41) is 10.5. The fraction of sp³-hybridized carbons (Fsp3) is 0.324. The molecule has 1 saturated carbocycles. The summed E-state index contributed by atoms with van der Waals surface area (Å²) in [5.74, 6) is 1.89. The number of nitro groups is 1.